The molecule has 150 valence electrons. The number of benzene rings is 1. The van der Waals surface area contributed by atoms with Crippen molar-refractivity contribution < 1.29 is 14.3 Å². The maximum atomic E-state index is 12.3. The van der Waals surface area contributed by atoms with E-state index >= 15 is 0 Å². The van der Waals surface area contributed by atoms with E-state index in [1.54, 1.807) is 11.8 Å². The molecule has 1 saturated heterocycles. The number of hydrogen-bond acceptors (Lipinski definition) is 3. The Labute approximate surface area is 167 Å². The lowest BCUT2D eigenvalue weighted by Gasteiger charge is -2.35. The molecule has 0 aromatic heterocycles. The minimum Gasteiger partial charge on any atom is -0.494 e. The van der Waals surface area contributed by atoms with Gasteiger partial charge in [-0.05, 0) is 36.5 Å². The Morgan fingerprint density at radius 3 is 2.15 bits per heavy atom. The van der Waals surface area contributed by atoms with Crippen molar-refractivity contribution in [2.75, 3.05) is 32.8 Å². The van der Waals surface area contributed by atoms with Gasteiger partial charge >= 0.3 is 0 Å². The van der Waals surface area contributed by atoms with Crippen LogP contribution < -0.4 is 4.74 Å². The average Bonchev–Trinajstić information content (AvgIpc) is 2.64. The molecule has 5 nitrogen and oxygen atoms in total. The summed E-state index contributed by atoms with van der Waals surface area (Å²) in [6.07, 6.45) is 1.14. The van der Waals surface area contributed by atoms with Crippen molar-refractivity contribution in [3.63, 3.8) is 0 Å². The number of nitrogens with zero attached hydrogens (tertiary/aromatic N) is 2. The van der Waals surface area contributed by atoms with Gasteiger partial charge in [0.15, 0.2) is 0 Å². The van der Waals surface area contributed by atoms with E-state index in [-0.39, 0.29) is 17.2 Å². The van der Waals surface area contributed by atoms with Crippen molar-refractivity contribution in [3.8, 4) is 5.75 Å². The highest BCUT2D eigenvalue weighted by Crippen LogP contribution is 2.24. The molecule has 0 spiro atoms. The number of piperazine rings is 1. The Morgan fingerprint density at radius 1 is 1.07 bits per heavy atom. The molecule has 2 rings (SSSR count). The molecule has 1 aromatic rings. The van der Waals surface area contributed by atoms with Crippen LogP contribution in [0.4, 0.5) is 0 Å². The van der Waals surface area contributed by atoms with E-state index in [9.17, 15) is 9.59 Å². The normalized spacial score (nSPS) is 16.2. The summed E-state index contributed by atoms with van der Waals surface area (Å²) in [5.74, 6) is 0.889. The molecule has 0 saturated carbocycles. The summed E-state index contributed by atoms with van der Waals surface area (Å²) < 4.78 is 5.75. The van der Waals surface area contributed by atoms with Crippen LogP contribution in [-0.2, 0) is 15.0 Å². The van der Waals surface area contributed by atoms with E-state index in [0.29, 0.717) is 45.6 Å². The Hall–Kier alpha value is -1.75. The number of carbonyl (C=O) groups excluding carboxylic acids is 2. The van der Waals surface area contributed by atoms with Gasteiger partial charge in [-0.25, -0.2) is 0 Å². The molecule has 1 heterocycles. The molecule has 1 unspecified atom stereocenters. The number of hydrogen-bond donors (Lipinski definition) is 0. The van der Waals surface area contributed by atoms with Gasteiger partial charge < -0.3 is 14.5 Å². The summed E-state index contributed by atoms with van der Waals surface area (Å²) in [5.41, 5.74) is 1.40. The zero-order valence-corrected chi connectivity index (χ0v) is 17.6. The summed E-state index contributed by atoms with van der Waals surface area (Å²) in [7, 11) is 0. The molecule has 1 aromatic carbocycles. The second kappa shape index (κ2) is 9.45. The van der Waals surface area contributed by atoms with Gasteiger partial charge in [0.05, 0.1) is 6.61 Å². The highest BCUT2D eigenvalue weighted by atomic mass is 35.5. The Bertz CT molecular complexity index is 630. The minimum absolute atomic E-state index is 0.0605. The lowest BCUT2D eigenvalue weighted by atomic mass is 9.87. The van der Waals surface area contributed by atoms with Crippen molar-refractivity contribution in [1.82, 2.24) is 9.80 Å². The van der Waals surface area contributed by atoms with Crippen molar-refractivity contribution in [3.05, 3.63) is 29.8 Å². The van der Waals surface area contributed by atoms with Gasteiger partial charge in [0, 0.05) is 32.6 Å². The van der Waals surface area contributed by atoms with Gasteiger partial charge in [-0.1, -0.05) is 32.9 Å². The number of alkyl halides is 1. The molecule has 0 aliphatic carbocycles. The SMILES string of the molecule is CC(Cl)C(=O)N1CCN(C(=O)CCCOc2ccc(C(C)(C)C)cc2)CC1. The van der Waals surface area contributed by atoms with Crippen molar-refractivity contribution in [2.45, 2.75) is 51.3 Å². The summed E-state index contributed by atoms with van der Waals surface area (Å²) in [5, 5.41) is -0.512. The highest BCUT2D eigenvalue weighted by Gasteiger charge is 2.25. The van der Waals surface area contributed by atoms with E-state index in [4.69, 9.17) is 16.3 Å². The van der Waals surface area contributed by atoms with Gasteiger partial charge in [-0.2, -0.15) is 0 Å². The maximum Gasteiger partial charge on any atom is 0.240 e. The third-order valence-corrected chi connectivity index (χ3v) is 5.00. The van der Waals surface area contributed by atoms with E-state index in [1.165, 1.54) is 5.56 Å². The van der Waals surface area contributed by atoms with E-state index in [2.05, 4.69) is 32.9 Å². The molecule has 6 heteroatoms. The molecule has 0 radical (unpaired) electrons. The van der Waals surface area contributed by atoms with Crippen LogP contribution in [0.1, 0.15) is 46.1 Å². The van der Waals surface area contributed by atoms with Crippen LogP contribution in [0, 0.1) is 0 Å². The fourth-order valence-electron chi connectivity index (χ4n) is 3.05. The molecule has 1 atom stereocenters. The monoisotopic (exact) mass is 394 g/mol. The van der Waals surface area contributed by atoms with Crippen molar-refractivity contribution in [2.24, 2.45) is 0 Å². The summed E-state index contributed by atoms with van der Waals surface area (Å²) >= 11 is 5.84. The number of carbonyl (C=O) groups is 2. The predicted octanol–water partition coefficient (Wildman–Crippen LogP) is 3.44. The Morgan fingerprint density at radius 2 is 1.63 bits per heavy atom. The molecule has 27 heavy (non-hydrogen) atoms. The lowest BCUT2D eigenvalue weighted by Crippen LogP contribution is -2.52. The number of ether oxygens (including phenoxy) is 1. The van der Waals surface area contributed by atoms with Gasteiger partial charge in [0.25, 0.3) is 0 Å². The first-order chi connectivity index (χ1) is 12.7. The number of rotatable bonds is 6. The molecule has 1 fully saturated rings. The molecule has 2 amide bonds. The second-order valence-corrected chi connectivity index (χ2v) is 8.70. The van der Waals surface area contributed by atoms with Crippen molar-refractivity contribution in [1.29, 1.82) is 0 Å². The fraction of sp³-hybridized carbons (Fsp3) is 0.619. The molecule has 0 bridgehead atoms. The molecule has 0 N–H and O–H groups in total. The van der Waals surface area contributed by atoms with Crippen LogP contribution in [0.25, 0.3) is 0 Å². The standard InChI is InChI=1S/C21H31ClN2O3/c1-16(22)20(26)24-13-11-23(12-14-24)19(25)6-5-15-27-18-9-7-17(8-10-18)21(2,3)4/h7-10,16H,5-6,11-15H2,1-4H3. The fourth-order valence-corrected chi connectivity index (χ4v) is 3.19. The Balaban J connectivity index is 1.67. The Kier molecular flexibility index (Phi) is 7.54. The predicted molar refractivity (Wildman–Crippen MR) is 108 cm³/mol. The first-order valence-corrected chi connectivity index (χ1v) is 10.1. The zero-order valence-electron chi connectivity index (χ0n) is 16.8. The van der Waals surface area contributed by atoms with Crippen LogP contribution in [0.2, 0.25) is 0 Å². The third-order valence-electron chi connectivity index (χ3n) is 4.81. The smallest absolute Gasteiger partial charge is 0.240 e. The van der Waals surface area contributed by atoms with Crippen LogP contribution in [0.5, 0.6) is 5.75 Å². The van der Waals surface area contributed by atoms with E-state index in [1.807, 2.05) is 17.0 Å². The van der Waals surface area contributed by atoms with E-state index < -0.39 is 5.38 Å². The topological polar surface area (TPSA) is 49.9 Å². The number of amides is 2. The molecule has 1 aliphatic heterocycles. The molecular formula is C21H31ClN2O3. The van der Waals surface area contributed by atoms with E-state index in [0.717, 1.165) is 5.75 Å². The summed E-state index contributed by atoms with van der Waals surface area (Å²) in [6, 6.07) is 8.14. The van der Waals surface area contributed by atoms with Crippen molar-refractivity contribution >= 4 is 23.4 Å². The van der Waals surface area contributed by atoms with Gasteiger partial charge in [0.1, 0.15) is 11.1 Å². The molecule has 1 aliphatic rings. The second-order valence-electron chi connectivity index (χ2n) is 8.05. The summed E-state index contributed by atoms with van der Waals surface area (Å²) in [4.78, 5) is 27.7. The average molecular weight is 395 g/mol. The molecular weight excluding hydrogens is 364 g/mol. The van der Waals surface area contributed by atoms with Crippen LogP contribution in [0.15, 0.2) is 24.3 Å². The van der Waals surface area contributed by atoms with Crippen LogP contribution in [-0.4, -0.2) is 59.8 Å². The van der Waals surface area contributed by atoms with Crippen LogP contribution in [0.3, 0.4) is 0 Å². The van der Waals surface area contributed by atoms with Gasteiger partial charge in [-0.3, -0.25) is 9.59 Å². The largest absolute Gasteiger partial charge is 0.494 e. The van der Waals surface area contributed by atoms with Crippen LogP contribution >= 0.6 is 11.6 Å². The van der Waals surface area contributed by atoms with Gasteiger partial charge in [-0.15, -0.1) is 11.6 Å². The zero-order chi connectivity index (χ0) is 20.0. The lowest BCUT2D eigenvalue weighted by molar-refractivity contribution is -0.139. The maximum absolute atomic E-state index is 12.3. The quantitative estimate of drug-likeness (QED) is 0.548. The third kappa shape index (κ3) is 6.42. The first kappa shape index (κ1) is 21.5. The first-order valence-electron chi connectivity index (χ1n) is 9.62. The minimum atomic E-state index is -0.512. The van der Waals surface area contributed by atoms with Gasteiger partial charge in [0.2, 0.25) is 11.8 Å². The number of halogens is 1. The highest BCUT2D eigenvalue weighted by molar-refractivity contribution is 6.30. The summed E-state index contributed by atoms with van der Waals surface area (Å²) in [6.45, 7) is 11.0.